The topological polar surface area (TPSA) is 74.2 Å². The van der Waals surface area contributed by atoms with Gasteiger partial charge in [0, 0.05) is 32.7 Å². The first-order chi connectivity index (χ1) is 13.6. The number of rotatable bonds is 7. The molecule has 2 heterocycles. The van der Waals surface area contributed by atoms with E-state index in [1.165, 1.54) is 9.87 Å². The second kappa shape index (κ2) is 12.1. The fourth-order valence-corrected chi connectivity index (χ4v) is 5.07. The van der Waals surface area contributed by atoms with Crippen LogP contribution in [0.1, 0.15) is 18.9 Å². The largest absolute Gasteiger partial charge is 0.379 e. The Balaban J connectivity index is 0.00000300. The molecule has 7 nitrogen and oxygen atoms in total. The molecule has 29 heavy (non-hydrogen) atoms. The number of sulfonamides is 1. The summed E-state index contributed by atoms with van der Waals surface area (Å²) in [7, 11) is -3.27. The van der Waals surface area contributed by atoms with Crippen LogP contribution in [0.25, 0.3) is 0 Å². The number of benzene rings is 1. The number of nitrogens with one attached hydrogen (secondary N) is 1. The van der Waals surface area contributed by atoms with Crippen LogP contribution in [0.5, 0.6) is 0 Å². The molecular weight excluding hydrogens is 503 g/mol. The lowest BCUT2D eigenvalue weighted by Crippen LogP contribution is -2.43. The summed E-state index contributed by atoms with van der Waals surface area (Å²) in [6.07, 6.45) is 2.20. The molecule has 1 atom stereocenters. The number of hydrogen-bond acceptors (Lipinski definition) is 4. The summed E-state index contributed by atoms with van der Waals surface area (Å²) in [4.78, 5) is 6.87. The molecule has 9 heteroatoms. The van der Waals surface area contributed by atoms with Crippen LogP contribution in [0.4, 0.5) is 0 Å². The van der Waals surface area contributed by atoms with E-state index in [2.05, 4.69) is 39.5 Å². The number of nitrogens with zero attached hydrogens (tertiary/aromatic N) is 3. The van der Waals surface area contributed by atoms with E-state index in [9.17, 15) is 8.42 Å². The fourth-order valence-electron chi connectivity index (χ4n) is 3.79. The van der Waals surface area contributed by atoms with Gasteiger partial charge in [0.2, 0.25) is 10.0 Å². The van der Waals surface area contributed by atoms with Crippen LogP contribution in [0, 0.1) is 5.92 Å². The number of likely N-dealkylation sites (tertiary alicyclic amines) is 1. The maximum absolute atomic E-state index is 12.5. The zero-order chi connectivity index (χ0) is 19.8. The minimum Gasteiger partial charge on any atom is -0.379 e. The van der Waals surface area contributed by atoms with E-state index in [-0.39, 0.29) is 36.3 Å². The number of halogens is 1. The Hall–Kier alpha value is -0.910. The third kappa shape index (κ3) is 7.37. The van der Waals surface area contributed by atoms with Gasteiger partial charge in [-0.05, 0) is 31.2 Å². The highest BCUT2D eigenvalue weighted by molar-refractivity contribution is 14.0. The van der Waals surface area contributed by atoms with Crippen molar-refractivity contribution >= 4 is 40.0 Å². The Kier molecular flexibility index (Phi) is 10.1. The summed E-state index contributed by atoms with van der Waals surface area (Å²) >= 11 is 0. The minimum absolute atomic E-state index is 0. The molecule has 2 saturated heterocycles. The number of ether oxygens (including phenoxy) is 1. The molecule has 2 fully saturated rings. The average molecular weight is 536 g/mol. The number of guanidine groups is 1. The predicted octanol–water partition coefficient (Wildman–Crippen LogP) is 1.80. The molecule has 2 aliphatic rings. The van der Waals surface area contributed by atoms with Crippen LogP contribution in [0.15, 0.2) is 35.3 Å². The zero-order valence-corrected chi connectivity index (χ0v) is 20.3. The Bertz CT molecular complexity index is 739. The molecule has 1 unspecified atom stereocenters. The van der Waals surface area contributed by atoms with Crippen molar-refractivity contribution in [2.45, 2.75) is 19.8 Å². The Labute approximate surface area is 192 Å². The van der Waals surface area contributed by atoms with Gasteiger partial charge in [0.25, 0.3) is 0 Å². The third-order valence-electron chi connectivity index (χ3n) is 5.26. The van der Waals surface area contributed by atoms with E-state index in [0.717, 1.165) is 38.4 Å². The highest BCUT2D eigenvalue weighted by atomic mass is 127. The molecule has 1 N–H and O–H groups in total. The predicted molar refractivity (Wildman–Crippen MR) is 127 cm³/mol. The Morgan fingerprint density at radius 3 is 2.62 bits per heavy atom. The molecule has 2 aliphatic heterocycles. The Morgan fingerprint density at radius 1 is 1.21 bits per heavy atom. The molecule has 0 saturated carbocycles. The van der Waals surface area contributed by atoms with Crippen molar-refractivity contribution in [3.8, 4) is 0 Å². The third-order valence-corrected chi connectivity index (χ3v) is 7.11. The summed E-state index contributed by atoms with van der Waals surface area (Å²) in [5.41, 5.74) is 1.37. The van der Waals surface area contributed by atoms with Gasteiger partial charge in [0.15, 0.2) is 5.96 Å². The van der Waals surface area contributed by atoms with Crippen LogP contribution >= 0.6 is 24.0 Å². The van der Waals surface area contributed by atoms with Gasteiger partial charge in [-0.25, -0.2) is 8.42 Å². The highest BCUT2D eigenvalue weighted by Crippen LogP contribution is 2.21. The lowest BCUT2D eigenvalue weighted by Gasteiger charge is -2.26. The monoisotopic (exact) mass is 536 g/mol. The first-order valence-corrected chi connectivity index (χ1v) is 11.8. The molecule has 0 aromatic heterocycles. The van der Waals surface area contributed by atoms with E-state index in [4.69, 9.17) is 4.74 Å². The second-order valence-electron chi connectivity index (χ2n) is 7.35. The summed E-state index contributed by atoms with van der Waals surface area (Å²) in [5.74, 6) is 1.47. The second-order valence-corrected chi connectivity index (χ2v) is 9.44. The Morgan fingerprint density at radius 2 is 1.93 bits per heavy atom. The van der Waals surface area contributed by atoms with E-state index >= 15 is 0 Å². The maximum atomic E-state index is 12.5. The van der Waals surface area contributed by atoms with Gasteiger partial charge < -0.3 is 15.0 Å². The van der Waals surface area contributed by atoms with E-state index in [0.29, 0.717) is 32.2 Å². The highest BCUT2D eigenvalue weighted by Gasteiger charge is 2.26. The molecular formula is C20H33IN4O3S. The van der Waals surface area contributed by atoms with Crippen molar-refractivity contribution < 1.29 is 13.2 Å². The van der Waals surface area contributed by atoms with Crippen LogP contribution in [-0.2, 0) is 21.2 Å². The first-order valence-electron chi connectivity index (χ1n) is 10.2. The summed E-state index contributed by atoms with van der Waals surface area (Å²) in [5, 5.41) is 3.32. The minimum atomic E-state index is -3.27. The zero-order valence-electron chi connectivity index (χ0n) is 17.1. The van der Waals surface area contributed by atoms with Gasteiger partial charge in [-0.2, -0.15) is 4.31 Å². The lowest BCUT2D eigenvalue weighted by atomic mass is 9.99. The maximum Gasteiger partial charge on any atom is 0.216 e. The normalized spacial score (nSPS) is 21.1. The fraction of sp³-hybridized carbons (Fsp3) is 0.650. The SMILES string of the molecule is CCNC(=NCCS(=O)(=O)N1CCOCC1)N1CCC(Cc2ccccc2)C1.I. The summed E-state index contributed by atoms with van der Waals surface area (Å²) < 4.78 is 31.7. The van der Waals surface area contributed by atoms with Crippen molar-refractivity contribution in [3.63, 3.8) is 0 Å². The lowest BCUT2D eigenvalue weighted by molar-refractivity contribution is 0.0731. The smallest absolute Gasteiger partial charge is 0.216 e. The van der Waals surface area contributed by atoms with Crippen molar-refractivity contribution in [1.29, 1.82) is 0 Å². The molecule has 0 bridgehead atoms. The first kappa shape index (κ1) is 24.4. The van der Waals surface area contributed by atoms with Gasteiger partial charge in [0.1, 0.15) is 0 Å². The van der Waals surface area contributed by atoms with Crippen LogP contribution in [0.2, 0.25) is 0 Å². The molecule has 0 aliphatic carbocycles. The number of hydrogen-bond donors (Lipinski definition) is 1. The molecule has 3 rings (SSSR count). The van der Waals surface area contributed by atoms with Gasteiger partial charge in [-0.3, -0.25) is 4.99 Å². The van der Waals surface area contributed by atoms with Crippen molar-refractivity contribution in [1.82, 2.24) is 14.5 Å². The molecule has 1 aromatic rings. The van der Waals surface area contributed by atoms with E-state index < -0.39 is 10.0 Å². The van der Waals surface area contributed by atoms with Crippen molar-refractivity contribution in [3.05, 3.63) is 35.9 Å². The number of aliphatic imine (C=N–C) groups is 1. The molecule has 0 spiro atoms. The molecule has 164 valence electrons. The number of morpholine rings is 1. The van der Waals surface area contributed by atoms with Crippen LogP contribution in [-0.4, -0.2) is 81.8 Å². The van der Waals surface area contributed by atoms with E-state index in [1.807, 2.05) is 13.0 Å². The summed E-state index contributed by atoms with van der Waals surface area (Å²) in [6.45, 7) is 6.84. The van der Waals surface area contributed by atoms with Crippen molar-refractivity contribution in [2.75, 3.05) is 58.2 Å². The van der Waals surface area contributed by atoms with Crippen LogP contribution < -0.4 is 5.32 Å². The van der Waals surface area contributed by atoms with Crippen LogP contribution in [0.3, 0.4) is 0 Å². The van der Waals surface area contributed by atoms with Gasteiger partial charge in [-0.15, -0.1) is 24.0 Å². The van der Waals surface area contributed by atoms with Crippen molar-refractivity contribution in [2.24, 2.45) is 10.9 Å². The molecule has 1 aromatic carbocycles. The standard InChI is InChI=1S/C20H32N4O3S.HI/c1-2-21-20(22-9-15-28(25,26)24-11-13-27-14-12-24)23-10-8-19(17-23)16-18-6-4-3-5-7-18;/h3-7,19H,2,8-17H2,1H3,(H,21,22);1H. The van der Waals surface area contributed by atoms with E-state index in [1.54, 1.807) is 0 Å². The molecule has 0 radical (unpaired) electrons. The van der Waals surface area contributed by atoms with Gasteiger partial charge >= 0.3 is 0 Å². The summed E-state index contributed by atoms with van der Waals surface area (Å²) in [6, 6.07) is 10.6. The molecule has 0 amide bonds. The van der Waals surface area contributed by atoms with Gasteiger partial charge in [0.05, 0.1) is 25.5 Å². The average Bonchev–Trinajstić information content (AvgIpc) is 3.17. The quantitative estimate of drug-likeness (QED) is 0.327. The van der Waals surface area contributed by atoms with Gasteiger partial charge in [-0.1, -0.05) is 30.3 Å².